The molecule has 1 amide bonds. The Hall–Kier alpha value is -3.55. The molecule has 3 heterocycles. The number of carbonyl (C=O) groups is 1. The van der Waals surface area contributed by atoms with E-state index in [1.807, 2.05) is 24.3 Å². The fourth-order valence-corrected chi connectivity index (χ4v) is 3.50. The van der Waals surface area contributed by atoms with Gasteiger partial charge in [-0.2, -0.15) is 0 Å². The van der Waals surface area contributed by atoms with Gasteiger partial charge in [-0.1, -0.05) is 32.0 Å². The van der Waals surface area contributed by atoms with Crippen molar-refractivity contribution in [3.63, 3.8) is 0 Å². The predicted octanol–water partition coefficient (Wildman–Crippen LogP) is 2.31. The fraction of sp³-hybridized carbons (Fsp3) is 0.318. The van der Waals surface area contributed by atoms with Crippen molar-refractivity contribution in [3.8, 4) is 17.3 Å². The van der Waals surface area contributed by atoms with Crippen LogP contribution in [0.5, 0.6) is 5.75 Å². The molecule has 1 N–H and O–H groups in total. The molecule has 0 radical (unpaired) electrons. The maximum atomic E-state index is 12.7. The van der Waals surface area contributed by atoms with Crippen LogP contribution in [0, 0.1) is 0 Å². The van der Waals surface area contributed by atoms with Crippen molar-refractivity contribution < 1.29 is 9.53 Å². The van der Waals surface area contributed by atoms with Crippen molar-refractivity contribution in [1.29, 1.82) is 0 Å². The number of carbonyl (C=O) groups excluding carboxylic acids is 1. The number of hydrogen-bond donors (Lipinski definition) is 1. The number of para-hydroxylation sites is 1. The van der Waals surface area contributed by atoms with Gasteiger partial charge in [-0.05, 0) is 17.5 Å². The summed E-state index contributed by atoms with van der Waals surface area (Å²) in [5.74, 6) is 1.24. The summed E-state index contributed by atoms with van der Waals surface area (Å²) < 4.78 is 5.80. The maximum Gasteiger partial charge on any atom is 0.260 e. The molecular weight excluding hydrogens is 382 g/mol. The number of nitrogens with one attached hydrogen (secondary N) is 1. The van der Waals surface area contributed by atoms with Crippen LogP contribution in [0.2, 0.25) is 0 Å². The Balaban J connectivity index is 1.47. The van der Waals surface area contributed by atoms with E-state index >= 15 is 0 Å². The Morgan fingerprint density at radius 3 is 2.87 bits per heavy atom. The molecule has 0 fully saturated rings. The lowest BCUT2D eigenvalue weighted by molar-refractivity contribution is -0.134. The lowest BCUT2D eigenvalue weighted by Crippen LogP contribution is -2.41. The highest BCUT2D eigenvalue weighted by Crippen LogP contribution is 2.26. The second kappa shape index (κ2) is 8.44. The van der Waals surface area contributed by atoms with Gasteiger partial charge in [0.05, 0.1) is 24.0 Å². The lowest BCUT2D eigenvalue weighted by atomic mass is 10.0. The molecule has 0 spiro atoms. The van der Waals surface area contributed by atoms with Crippen molar-refractivity contribution in [2.45, 2.75) is 32.7 Å². The van der Waals surface area contributed by atoms with Crippen LogP contribution in [-0.4, -0.2) is 43.9 Å². The number of H-pyrrole nitrogens is 1. The van der Waals surface area contributed by atoms with Gasteiger partial charge in [-0.3, -0.25) is 14.6 Å². The molecule has 0 bridgehead atoms. The van der Waals surface area contributed by atoms with Crippen LogP contribution in [0.3, 0.4) is 0 Å². The van der Waals surface area contributed by atoms with Crippen LogP contribution in [0.4, 0.5) is 0 Å². The number of fused-ring (bicyclic) bond motifs is 1. The van der Waals surface area contributed by atoms with Gasteiger partial charge < -0.3 is 14.6 Å². The van der Waals surface area contributed by atoms with Crippen molar-refractivity contribution in [2.75, 3.05) is 13.2 Å². The number of benzene rings is 1. The second-order valence-electron chi connectivity index (χ2n) is 7.48. The average molecular weight is 405 g/mol. The average Bonchev–Trinajstić information content (AvgIpc) is 2.78. The number of hydrogen-bond acceptors (Lipinski definition) is 6. The molecule has 1 aliphatic heterocycles. The molecule has 0 atom stereocenters. The van der Waals surface area contributed by atoms with Crippen LogP contribution in [0.25, 0.3) is 11.5 Å². The van der Waals surface area contributed by atoms with E-state index in [1.54, 1.807) is 23.5 Å². The number of aromatic amines is 1. The molecule has 4 rings (SSSR count). The van der Waals surface area contributed by atoms with Gasteiger partial charge in [0.25, 0.3) is 11.5 Å². The zero-order chi connectivity index (χ0) is 21.1. The summed E-state index contributed by atoms with van der Waals surface area (Å²) >= 11 is 0. The zero-order valence-corrected chi connectivity index (χ0v) is 17.0. The normalized spacial score (nSPS) is 13.2. The molecule has 154 valence electrons. The first-order chi connectivity index (χ1) is 14.5. The highest BCUT2D eigenvalue weighted by Gasteiger charge is 2.25. The first-order valence-corrected chi connectivity index (χ1v) is 9.91. The van der Waals surface area contributed by atoms with E-state index in [9.17, 15) is 9.59 Å². The van der Waals surface area contributed by atoms with E-state index in [0.717, 1.165) is 5.56 Å². The molecular formula is C22H23N5O3. The van der Waals surface area contributed by atoms with Crippen molar-refractivity contribution in [1.82, 2.24) is 24.8 Å². The molecule has 0 aliphatic carbocycles. The van der Waals surface area contributed by atoms with Crippen LogP contribution in [0.15, 0.2) is 47.7 Å². The smallest absolute Gasteiger partial charge is 0.260 e. The molecule has 1 aliphatic rings. The van der Waals surface area contributed by atoms with Crippen LogP contribution in [0.1, 0.15) is 36.6 Å². The maximum absolute atomic E-state index is 12.7. The van der Waals surface area contributed by atoms with Crippen LogP contribution < -0.4 is 10.3 Å². The first-order valence-electron chi connectivity index (χ1n) is 9.91. The van der Waals surface area contributed by atoms with Gasteiger partial charge >= 0.3 is 0 Å². The highest BCUT2D eigenvalue weighted by atomic mass is 16.5. The summed E-state index contributed by atoms with van der Waals surface area (Å²) in [6, 6.07) is 7.72. The van der Waals surface area contributed by atoms with Gasteiger partial charge in [0.2, 0.25) is 0 Å². The molecule has 0 unspecified atom stereocenters. The zero-order valence-electron chi connectivity index (χ0n) is 17.0. The van der Waals surface area contributed by atoms with E-state index in [2.05, 4.69) is 33.8 Å². The Morgan fingerprint density at radius 1 is 1.27 bits per heavy atom. The predicted molar refractivity (Wildman–Crippen MR) is 111 cm³/mol. The Labute approximate surface area is 174 Å². The number of nitrogens with zero attached hydrogens (tertiary/aromatic N) is 4. The van der Waals surface area contributed by atoms with Crippen molar-refractivity contribution in [3.05, 3.63) is 70.0 Å². The van der Waals surface area contributed by atoms with E-state index in [1.165, 1.54) is 0 Å². The Bertz CT molecular complexity index is 1110. The molecule has 0 saturated heterocycles. The summed E-state index contributed by atoms with van der Waals surface area (Å²) in [6.07, 6.45) is 5.16. The quantitative estimate of drug-likeness (QED) is 0.699. The summed E-state index contributed by atoms with van der Waals surface area (Å²) in [4.78, 5) is 42.4. The van der Waals surface area contributed by atoms with E-state index in [4.69, 9.17) is 4.74 Å². The summed E-state index contributed by atoms with van der Waals surface area (Å²) in [5, 5.41) is 0. The Kier molecular flexibility index (Phi) is 5.56. The van der Waals surface area contributed by atoms with Gasteiger partial charge in [0.15, 0.2) is 12.4 Å². The van der Waals surface area contributed by atoms with Crippen LogP contribution >= 0.6 is 0 Å². The van der Waals surface area contributed by atoms with Gasteiger partial charge in [-0.15, -0.1) is 0 Å². The first kappa shape index (κ1) is 19.8. The third kappa shape index (κ3) is 4.07. The van der Waals surface area contributed by atoms with Crippen molar-refractivity contribution >= 4 is 5.91 Å². The Morgan fingerprint density at radius 2 is 2.10 bits per heavy atom. The minimum atomic E-state index is -0.260. The molecule has 2 aromatic heterocycles. The molecule has 8 heteroatoms. The van der Waals surface area contributed by atoms with Crippen molar-refractivity contribution in [2.24, 2.45) is 0 Å². The van der Waals surface area contributed by atoms with E-state index < -0.39 is 0 Å². The van der Waals surface area contributed by atoms with Crippen LogP contribution in [-0.2, 0) is 17.8 Å². The SMILES string of the molecule is CC(C)c1ccccc1OCC(=O)N1CCc2nc(-c3cnccn3)[nH]c(=O)c2C1. The number of aromatic nitrogens is 4. The number of amides is 1. The summed E-state index contributed by atoms with van der Waals surface area (Å²) in [7, 11) is 0. The fourth-order valence-electron chi connectivity index (χ4n) is 3.50. The molecule has 8 nitrogen and oxygen atoms in total. The number of ether oxygens (including phenoxy) is 1. The monoisotopic (exact) mass is 405 g/mol. The molecule has 0 saturated carbocycles. The van der Waals surface area contributed by atoms with Gasteiger partial charge in [-0.25, -0.2) is 9.97 Å². The summed E-state index contributed by atoms with van der Waals surface area (Å²) in [6.45, 7) is 4.80. The topological polar surface area (TPSA) is 101 Å². The molecule has 3 aromatic rings. The second-order valence-corrected chi connectivity index (χ2v) is 7.48. The van der Waals surface area contributed by atoms with Gasteiger partial charge in [0, 0.05) is 25.4 Å². The molecule has 30 heavy (non-hydrogen) atoms. The largest absolute Gasteiger partial charge is 0.483 e. The minimum Gasteiger partial charge on any atom is -0.483 e. The van der Waals surface area contributed by atoms with Gasteiger partial charge in [0.1, 0.15) is 11.4 Å². The number of rotatable bonds is 5. The highest BCUT2D eigenvalue weighted by molar-refractivity contribution is 5.78. The van der Waals surface area contributed by atoms with E-state index in [0.29, 0.717) is 47.4 Å². The lowest BCUT2D eigenvalue weighted by Gasteiger charge is -2.28. The third-order valence-electron chi connectivity index (χ3n) is 5.12. The molecule has 1 aromatic carbocycles. The third-order valence-corrected chi connectivity index (χ3v) is 5.12. The minimum absolute atomic E-state index is 0.0674. The summed E-state index contributed by atoms with van der Waals surface area (Å²) in [5.41, 5.74) is 2.50. The van der Waals surface area contributed by atoms with E-state index in [-0.39, 0.29) is 24.6 Å². The standard InChI is InChI=1S/C22H23N5O3/c1-14(2)15-5-3-4-6-19(15)30-13-20(28)27-10-7-17-16(12-27)22(29)26-21(25-17)18-11-23-8-9-24-18/h3-6,8-9,11,14H,7,10,12-13H2,1-2H3,(H,25,26,29).